The monoisotopic (exact) mass is 258 g/mol. The number of nitrogens with zero attached hydrogens (tertiary/aromatic N) is 2. The number of carbonyl (C=O) groups excluding carboxylic acids is 1. The summed E-state index contributed by atoms with van der Waals surface area (Å²) in [4.78, 5) is 19.0. The maximum absolute atomic E-state index is 11.0. The number of nitrogens with one attached hydrogen (secondary N) is 1. The largest absolute Gasteiger partial charge is 0.481 e. The topological polar surface area (TPSA) is 90.1 Å². The highest BCUT2D eigenvalue weighted by Crippen LogP contribution is 2.16. The quantitative estimate of drug-likeness (QED) is 0.840. The maximum atomic E-state index is 11.0. The lowest BCUT2D eigenvalue weighted by atomic mass is 10.2. The van der Waals surface area contributed by atoms with Crippen LogP contribution in [0.1, 0.15) is 16.1 Å². The zero-order chi connectivity index (χ0) is 13.7. The average molecular weight is 258 g/mol. The molecule has 2 aromatic rings. The van der Waals surface area contributed by atoms with Crippen LogP contribution in [0.15, 0.2) is 36.7 Å². The molecular formula is C13H14N4O2. The third-order valence-corrected chi connectivity index (χ3v) is 2.54. The molecule has 0 aliphatic rings. The summed E-state index contributed by atoms with van der Waals surface area (Å²) in [5.74, 6) is 0.0155. The Morgan fingerprint density at radius 3 is 2.95 bits per heavy atom. The van der Waals surface area contributed by atoms with Crippen LogP contribution < -0.4 is 15.8 Å². The Hall–Kier alpha value is -2.63. The van der Waals surface area contributed by atoms with Crippen molar-refractivity contribution < 1.29 is 9.53 Å². The van der Waals surface area contributed by atoms with Crippen LogP contribution in [0.5, 0.6) is 5.88 Å². The number of anilines is 1. The van der Waals surface area contributed by atoms with Crippen molar-refractivity contribution in [2.75, 3.05) is 12.4 Å². The predicted molar refractivity (Wildman–Crippen MR) is 70.9 cm³/mol. The Morgan fingerprint density at radius 1 is 1.37 bits per heavy atom. The van der Waals surface area contributed by atoms with Crippen molar-refractivity contribution in [1.82, 2.24) is 9.97 Å². The average Bonchev–Trinajstić information content (AvgIpc) is 2.45. The lowest BCUT2D eigenvalue weighted by Crippen LogP contribution is -2.13. The zero-order valence-electron chi connectivity index (χ0n) is 10.5. The van der Waals surface area contributed by atoms with E-state index in [9.17, 15) is 4.79 Å². The van der Waals surface area contributed by atoms with E-state index in [0.717, 1.165) is 11.3 Å². The molecular weight excluding hydrogens is 244 g/mol. The molecule has 0 aliphatic carbocycles. The van der Waals surface area contributed by atoms with E-state index < -0.39 is 5.91 Å². The van der Waals surface area contributed by atoms with Gasteiger partial charge in [0.15, 0.2) is 0 Å². The lowest BCUT2D eigenvalue weighted by molar-refractivity contribution is 0.0995. The molecule has 0 spiro atoms. The number of nitrogens with two attached hydrogens (primary N) is 1. The van der Waals surface area contributed by atoms with Crippen molar-refractivity contribution in [2.45, 2.75) is 6.54 Å². The molecule has 0 aromatic carbocycles. The van der Waals surface area contributed by atoms with E-state index in [-0.39, 0.29) is 5.69 Å². The van der Waals surface area contributed by atoms with E-state index >= 15 is 0 Å². The van der Waals surface area contributed by atoms with Crippen molar-refractivity contribution >= 4 is 11.6 Å². The molecule has 0 unspecified atom stereocenters. The van der Waals surface area contributed by atoms with Crippen molar-refractivity contribution in [3.05, 3.63) is 47.9 Å². The van der Waals surface area contributed by atoms with Gasteiger partial charge in [0.05, 0.1) is 7.11 Å². The van der Waals surface area contributed by atoms with Crippen LogP contribution in [0.4, 0.5) is 5.69 Å². The van der Waals surface area contributed by atoms with E-state index in [0.29, 0.717) is 12.4 Å². The van der Waals surface area contributed by atoms with Gasteiger partial charge in [0.2, 0.25) is 5.88 Å². The van der Waals surface area contributed by atoms with Crippen LogP contribution in [0.25, 0.3) is 0 Å². The first kappa shape index (κ1) is 12.8. The van der Waals surface area contributed by atoms with Crippen molar-refractivity contribution in [1.29, 1.82) is 0 Å². The number of aromatic nitrogens is 2. The standard InChI is InChI=1S/C13H14N4O2/c1-19-13-9(3-2-5-16-13)8-17-10-4-6-15-11(7-10)12(14)18/h2-7H,8H2,1H3,(H2,14,18)(H,15,17). The number of methoxy groups -OCH3 is 1. The number of primary amides is 1. The third-order valence-electron chi connectivity index (χ3n) is 2.54. The Bertz CT molecular complexity index is 586. The van der Waals surface area contributed by atoms with E-state index in [1.54, 1.807) is 25.4 Å². The van der Waals surface area contributed by atoms with E-state index in [2.05, 4.69) is 15.3 Å². The van der Waals surface area contributed by atoms with Crippen LogP contribution >= 0.6 is 0 Å². The lowest BCUT2D eigenvalue weighted by Gasteiger charge is -2.09. The van der Waals surface area contributed by atoms with E-state index in [1.165, 1.54) is 6.20 Å². The van der Waals surface area contributed by atoms with Gasteiger partial charge in [0.1, 0.15) is 5.69 Å². The van der Waals surface area contributed by atoms with Gasteiger partial charge in [-0.05, 0) is 18.2 Å². The fraction of sp³-hybridized carbons (Fsp3) is 0.154. The molecule has 3 N–H and O–H groups in total. The van der Waals surface area contributed by atoms with Gasteiger partial charge >= 0.3 is 0 Å². The summed E-state index contributed by atoms with van der Waals surface area (Å²) in [5.41, 5.74) is 7.08. The minimum Gasteiger partial charge on any atom is -0.481 e. The summed E-state index contributed by atoms with van der Waals surface area (Å²) in [6.45, 7) is 0.527. The molecule has 2 heterocycles. The molecule has 2 rings (SSSR count). The Morgan fingerprint density at radius 2 is 2.21 bits per heavy atom. The van der Waals surface area contributed by atoms with E-state index in [4.69, 9.17) is 10.5 Å². The number of amides is 1. The maximum Gasteiger partial charge on any atom is 0.267 e. The van der Waals surface area contributed by atoms with Gasteiger partial charge in [0, 0.05) is 30.2 Å². The minimum atomic E-state index is -0.553. The molecule has 2 aromatic heterocycles. The number of pyridine rings is 2. The normalized spacial score (nSPS) is 9.95. The molecule has 0 aliphatic heterocycles. The molecule has 0 atom stereocenters. The van der Waals surface area contributed by atoms with Gasteiger partial charge in [0.25, 0.3) is 5.91 Å². The summed E-state index contributed by atoms with van der Waals surface area (Å²) in [6, 6.07) is 7.11. The summed E-state index contributed by atoms with van der Waals surface area (Å²) in [5, 5.41) is 3.16. The summed E-state index contributed by atoms with van der Waals surface area (Å²) in [6.07, 6.45) is 3.20. The van der Waals surface area contributed by atoms with E-state index in [1.807, 2.05) is 12.1 Å². The first-order valence-electron chi connectivity index (χ1n) is 5.68. The first-order valence-corrected chi connectivity index (χ1v) is 5.68. The Labute approximate surface area is 110 Å². The predicted octanol–water partition coefficient (Wildman–Crippen LogP) is 1.20. The van der Waals surface area contributed by atoms with Crippen molar-refractivity contribution in [3.8, 4) is 5.88 Å². The second kappa shape index (κ2) is 5.81. The highest BCUT2D eigenvalue weighted by Gasteiger charge is 2.05. The smallest absolute Gasteiger partial charge is 0.267 e. The Kier molecular flexibility index (Phi) is 3.92. The highest BCUT2D eigenvalue weighted by molar-refractivity contribution is 5.91. The third kappa shape index (κ3) is 3.19. The van der Waals surface area contributed by atoms with Gasteiger partial charge in [-0.15, -0.1) is 0 Å². The minimum absolute atomic E-state index is 0.225. The van der Waals surface area contributed by atoms with Crippen LogP contribution in [-0.4, -0.2) is 23.0 Å². The first-order chi connectivity index (χ1) is 9.20. The molecule has 0 radical (unpaired) electrons. The number of carbonyl (C=O) groups is 1. The second-order valence-corrected chi connectivity index (χ2v) is 3.82. The van der Waals surface area contributed by atoms with Gasteiger partial charge in [-0.1, -0.05) is 6.07 Å². The fourth-order valence-electron chi connectivity index (χ4n) is 1.61. The summed E-state index contributed by atoms with van der Waals surface area (Å²) < 4.78 is 5.16. The molecule has 6 nitrogen and oxygen atoms in total. The molecule has 0 fully saturated rings. The van der Waals surface area contributed by atoms with Crippen LogP contribution in [0, 0.1) is 0 Å². The molecule has 6 heteroatoms. The molecule has 0 saturated carbocycles. The van der Waals surface area contributed by atoms with Gasteiger partial charge in [-0.3, -0.25) is 9.78 Å². The number of hydrogen-bond acceptors (Lipinski definition) is 5. The number of hydrogen-bond donors (Lipinski definition) is 2. The fourth-order valence-corrected chi connectivity index (χ4v) is 1.61. The molecule has 19 heavy (non-hydrogen) atoms. The highest BCUT2D eigenvalue weighted by atomic mass is 16.5. The van der Waals surface area contributed by atoms with Gasteiger partial charge in [-0.2, -0.15) is 0 Å². The summed E-state index contributed by atoms with van der Waals surface area (Å²) in [7, 11) is 1.57. The molecule has 98 valence electrons. The SMILES string of the molecule is COc1ncccc1CNc1ccnc(C(N)=O)c1. The number of rotatable bonds is 5. The van der Waals surface area contributed by atoms with Crippen LogP contribution in [0.3, 0.4) is 0 Å². The summed E-state index contributed by atoms with van der Waals surface area (Å²) >= 11 is 0. The van der Waals surface area contributed by atoms with Crippen LogP contribution in [-0.2, 0) is 6.54 Å². The molecule has 1 amide bonds. The number of ether oxygens (including phenoxy) is 1. The second-order valence-electron chi connectivity index (χ2n) is 3.82. The van der Waals surface area contributed by atoms with Crippen LogP contribution in [0.2, 0.25) is 0 Å². The van der Waals surface area contributed by atoms with Crippen molar-refractivity contribution in [2.24, 2.45) is 5.73 Å². The molecule has 0 saturated heterocycles. The molecule has 0 bridgehead atoms. The Balaban J connectivity index is 2.10. The zero-order valence-corrected chi connectivity index (χ0v) is 10.5. The van der Waals surface area contributed by atoms with Gasteiger partial charge < -0.3 is 15.8 Å². The van der Waals surface area contributed by atoms with Gasteiger partial charge in [-0.25, -0.2) is 4.98 Å². The van der Waals surface area contributed by atoms with Crippen molar-refractivity contribution in [3.63, 3.8) is 0 Å².